The first-order chi connectivity index (χ1) is 10.4. The number of hydrogen-bond acceptors (Lipinski definition) is 3. The Morgan fingerprint density at radius 1 is 1.05 bits per heavy atom. The average Bonchev–Trinajstić information content (AvgIpc) is 3.37. The predicted octanol–water partition coefficient (Wildman–Crippen LogP) is 2.54. The second-order valence-corrected chi connectivity index (χ2v) is 6.53. The predicted molar refractivity (Wildman–Crippen MR) is 86.1 cm³/mol. The summed E-state index contributed by atoms with van der Waals surface area (Å²) in [4.78, 5) is 2.74. The second-order valence-electron chi connectivity index (χ2n) is 6.53. The molecule has 2 atom stereocenters. The Balaban J connectivity index is 1.69. The summed E-state index contributed by atoms with van der Waals surface area (Å²) in [6, 6.07) is 12.8. The molecule has 21 heavy (non-hydrogen) atoms. The molecule has 0 amide bonds. The first-order valence-electron chi connectivity index (χ1n) is 8.52. The minimum Gasteiger partial charge on any atom is -0.395 e. The van der Waals surface area contributed by atoms with Crippen molar-refractivity contribution >= 4 is 0 Å². The number of rotatable bonds is 7. The molecule has 2 aliphatic rings. The third-order valence-corrected chi connectivity index (χ3v) is 4.90. The van der Waals surface area contributed by atoms with Crippen molar-refractivity contribution in [1.29, 1.82) is 0 Å². The van der Waals surface area contributed by atoms with Crippen LogP contribution in [0.15, 0.2) is 30.3 Å². The van der Waals surface area contributed by atoms with E-state index in [4.69, 9.17) is 5.11 Å². The van der Waals surface area contributed by atoms with E-state index in [1.165, 1.54) is 44.1 Å². The van der Waals surface area contributed by atoms with Gasteiger partial charge in [-0.15, -0.1) is 0 Å². The van der Waals surface area contributed by atoms with Crippen LogP contribution in [0.5, 0.6) is 0 Å². The zero-order valence-electron chi connectivity index (χ0n) is 12.9. The quantitative estimate of drug-likeness (QED) is 0.809. The topological polar surface area (TPSA) is 35.5 Å². The van der Waals surface area contributed by atoms with E-state index < -0.39 is 0 Å². The minimum atomic E-state index is 0.241. The molecule has 2 saturated carbocycles. The first kappa shape index (κ1) is 15.0. The van der Waals surface area contributed by atoms with Gasteiger partial charge in [-0.25, -0.2) is 0 Å². The Labute approximate surface area is 128 Å². The Morgan fingerprint density at radius 2 is 1.81 bits per heavy atom. The van der Waals surface area contributed by atoms with Gasteiger partial charge < -0.3 is 10.4 Å². The highest BCUT2D eigenvalue weighted by atomic mass is 16.3. The lowest BCUT2D eigenvalue weighted by atomic mass is 9.88. The fraction of sp³-hybridized carbons (Fsp3) is 0.667. The van der Waals surface area contributed by atoms with Crippen molar-refractivity contribution in [3.8, 4) is 0 Å². The van der Waals surface area contributed by atoms with Crippen molar-refractivity contribution in [2.24, 2.45) is 0 Å². The number of aliphatic hydroxyl groups excluding tert-OH is 1. The monoisotopic (exact) mass is 288 g/mol. The lowest BCUT2D eigenvalue weighted by molar-refractivity contribution is 0.103. The second kappa shape index (κ2) is 7.39. The number of hydrogen-bond donors (Lipinski definition) is 2. The van der Waals surface area contributed by atoms with E-state index in [1.807, 2.05) is 0 Å². The molecule has 1 aromatic rings. The van der Waals surface area contributed by atoms with Crippen LogP contribution < -0.4 is 5.32 Å². The van der Waals surface area contributed by atoms with Gasteiger partial charge in [0.15, 0.2) is 0 Å². The molecule has 2 N–H and O–H groups in total. The van der Waals surface area contributed by atoms with E-state index in [0.717, 1.165) is 19.1 Å². The Morgan fingerprint density at radius 3 is 2.52 bits per heavy atom. The maximum atomic E-state index is 9.10. The lowest BCUT2D eigenvalue weighted by Gasteiger charge is -2.41. The van der Waals surface area contributed by atoms with Crippen LogP contribution in [0.25, 0.3) is 0 Å². The summed E-state index contributed by atoms with van der Waals surface area (Å²) < 4.78 is 0. The molecule has 2 fully saturated rings. The smallest absolute Gasteiger partial charge is 0.0556 e. The molecule has 0 saturated heterocycles. The van der Waals surface area contributed by atoms with E-state index in [0.29, 0.717) is 12.1 Å². The summed E-state index contributed by atoms with van der Waals surface area (Å²) in [5.41, 5.74) is 1.43. The van der Waals surface area contributed by atoms with Crippen molar-refractivity contribution in [1.82, 2.24) is 10.2 Å². The van der Waals surface area contributed by atoms with Gasteiger partial charge in [0.1, 0.15) is 0 Å². The Hall–Kier alpha value is -0.900. The fourth-order valence-corrected chi connectivity index (χ4v) is 3.71. The van der Waals surface area contributed by atoms with E-state index >= 15 is 0 Å². The van der Waals surface area contributed by atoms with Gasteiger partial charge in [-0.3, -0.25) is 4.90 Å². The van der Waals surface area contributed by atoms with Crippen LogP contribution in [0.3, 0.4) is 0 Å². The molecule has 1 aromatic carbocycles. The van der Waals surface area contributed by atoms with Crippen LogP contribution in [0, 0.1) is 0 Å². The summed E-state index contributed by atoms with van der Waals surface area (Å²) in [5.74, 6) is 0. The van der Waals surface area contributed by atoms with Gasteiger partial charge in [-0.05, 0) is 31.2 Å². The maximum absolute atomic E-state index is 9.10. The molecule has 0 aliphatic heterocycles. The fourth-order valence-electron chi connectivity index (χ4n) is 3.71. The largest absolute Gasteiger partial charge is 0.395 e. The van der Waals surface area contributed by atoms with Crippen LogP contribution in [-0.4, -0.2) is 41.3 Å². The average molecular weight is 288 g/mol. The Bertz CT molecular complexity index is 418. The van der Waals surface area contributed by atoms with Gasteiger partial charge in [0.2, 0.25) is 0 Å². The standard InChI is InChI=1S/C18H28N2O/c21-13-12-19-17-8-4-5-9-18(17)20(16-10-11-16)14-15-6-2-1-3-7-15/h1-3,6-7,16-19,21H,4-5,8-14H2/t17-,18-/m1/s1. The molecule has 2 aliphatic carbocycles. The highest BCUT2D eigenvalue weighted by Crippen LogP contribution is 2.35. The molecule has 0 aromatic heterocycles. The van der Waals surface area contributed by atoms with Crippen LogP contribution in [-0.2, 0) is 6.54 Å². The van der Waals surface area contributed by atoms with Gasteiger partial charge in [0, 0.05) is 31.2 Å². The summed E-state index contributed by atoms with van der Waals surface area (Å²) in [5, 5.41) is 12.7. The van der Waals surface area contributed by atoms with Crippen LogP contribution >= 0.6 is 0 Å². The zero-order chi connectivity index (χ0) is 14.5. The van der Waals surface area contributed by atoms with Gasteiger partial charge >= 0.3 is 0 Å². The highest BCUT2D eigenvalue weighted by molar-refractivity contribution is 5.15. The minimum absolute atomic E-state index is 0.241. The summed E-state index contributed by atoms with van der Waals surface area (Å²) in [6.07, 6.45) is 7.94. The third kappa shape index (κ3) is 4.06. The molecule has 0 heterocycles. The van der Waals surface area contributed by atoms with Gasteiger partial charge in [0.25, 0.3) is 0 Å². The van der Waals surface area contributed by atoms with Gasteiger partial charge in [-0.2, -0.15) is 0 Å². The molecule has 0 spiro atoms. The summed E-state index contributed by atoms with van der Waals surface area (Å²) in [6.45, 7) is 2.05. The molecule has 3 rings (SSSR count). The van der Waals surface area contributed by atoms with Crippen molar-refractivity contribution < 1.29 is 5.11 Å². The van der Waals surface area contributed by atoms with E-state index in [-0.39, 0.29) is 6.61 Å². The molecule has 0 unspecified atom stereocenters. The van der Waals surface area contributed by atoms with Crippen molar-refractivity contribution in [2.75, 3.05) is 13.2 Å². The van der Waals surface area contributed by atoms with Crippen LogP contribution in [0.1, 0.15) is 44.1 Å². The van der Waals surface area contributed by atoms with E-state index in [9.17, 15) is 0 Å². The van der Waals surface area contributed by atoms with E-state index in [1.54, 1.807) is 0 Å². The number of nitrogens with one attached hydrogen (secondary N) is 1. The van der Waals surface area contributed by atoms with Crippen LogP contribution in [0.2, 0.25) is 0 Å². The first-order valence-corrected chi connectivity index (χ1v) is 8.52. The highest BCUT2D eigenvalue weighted by Gasteiger charge is 2.38. The van der Waals surface area contributed by atoms with Crippen LogP contribution in [0.4, 0.5) is 0 Å². The lowest BCUT2D eigenvalue weighted by Crippen LogP contribution is -2.52. The zero-order valence-corrected chi connectivity index (χ0v) is 12.9. The van der Waals surface area contributed by atoms with Crippen molar-refractivity contribution in [3.05, 3.63) is 35.9 Å². The summed E-state index contributed by atoms with van der Waals surface area (Å²) in [7, 11) is 0. The van der Waals surface area contributed by atoms with E-state index in [2.05, 4.69) is 40.5 Å². The molecule has 3 heteroatoms. The summed E-state index contributed by atoms with van der Waals surface area (Å²) >= 11 is 0. The van der Waals surface area contributed by atoms with Crippen molar-refractivity contribution in [2.45, 2.75) is 63.2 Å². The number of benzene rings is 1. The van der Waals surface area contributed by atoms with Crippen molar-refractivity contribution in [3.63, 3.8) is 0 Å². The number of aliphatic hydroxyl groups is 1. The SMILES string of the molecule is OCCN[C@@H]1CCCC[C@H]1N(Cc1ccccc1)C1CC1. The van der Waals surface area contributed by atoms with Gasteiger partial charge in [-0.1, -0.05) is 43.2 Å². The Kier molecular flexibility index (Phi) is 5.28. The number of nitrogens with zero attached hydrogens (tertiary/aromatic N) is 1. The normalized spacial score (nSPS) is 26.2. The molecule has 116 valence electrons. The van der Waals surface area contributed by atoms with Gasteiger partial charge in [0.05, 0.1) is 6.61 Å². The molecular weight excluding hydrogens is 260 g/mol. The molecule has 0 radical (unpaired) electrons. The molecular formula is C18H28N2O. The molecule has 3 nitrogen and oxygen atoms in total. The third-order valence-electron chi connectivity index (χ3n) is 4.90. The molecule has 0 bridgehead atoms. The maximum Gasteiger partial charge on any atom is 0.0556 e.